The molecule has 2 aromatic heterocycles. The van der Waals surface area contributed by atoms with Gasteiger partial charge >= 0.3 is 0 Å². The van der Waals surface area contributed by atoms with Gasteiger partial charge < -0.3 is 20.3 Å². The molecular weight excluding hydrogens is 326 g/mol. The first kappa shape index (κ1) is 17.5. The number of nitrogens with zero attached hydrogens (tertiary/aromatic N) is 4. The van der Waals surface area contributed by atoms with Crippen LogP contribution in [0.4, 0.5) is 5.82 Å². The third-order valence-corrected chi connectivity index (χ3v) is 4.16. The van der Waals surface area contributed by atoms with E-state index in [2.05, 4.69) is 11.1 Å². The molecule has 3 N–H and O–H groups in total. The Morgan fingerprint density at radius 3 is 2.62 bits per heavy atom. The van der Waals surface area contributed by atoms with Crippen molar-refractivity contribution < 1.29 is 5.11 Å². The number of anilines is 1. The van der Waals surface area contributed by atoms with E-state index in [0.29, 0.717) is 23.4 Å². The largest absolute Gasteiger partial charge is 0.508 e. The number of hydrogen-bond acceptors (Lipinski definition) is 5. The van der Waals surface area contributed by atoms with Crippen molar-refractivity contribution in [3.8, 4) is 34.2 Å². The number of aryl methyl sites for hydroxylation is 1. The third kappa shape index (κ3) is 3.39. The van der Waals surface area contributed by atoms with E-state index in [4.69, 9.17) is 5.73 Å². The van der Waals surface area contributed by atoms with Crippen molar-refractivity contribution in [3.05, 3.63) is 53.9 Å². The molecule has 0 bridgehead atoms. The molecule has 26 heavy (non-hydrogen) atoms. The predicted octanol–water partition coefficient (Wildman–Crippen LogP) is 2.98. The molecular formula is C20H21N5O. The molecule has 0 atom stereocenters. The van der Waals surface area contributed by atoms with E-state index >= 15 is 0 Å². The Morgan fingerprint density at radius 1 is 1.23 bits per heavy atom. The Labute approximate surface area is 152 Å². The molecule has 0 aliphatic carbocycles. The molecule has 2 heterocycles. The molecule has 1 aromatic carbocycles. The first-order chi connectivity index (χ1) is 12.4. The summed E-state index contributed by atoms with van der Waals surface area (Å²) in [6.07, 6.45) is 3.88. The average molecular weight is 347 g/mol. The van der Waals surface area contributed by atoms with Gasteiger partial charge in [0, 0.05) is 42.7 Å². The molecule has 0 unspecified atom stereocenters. The number of nitrogen functional groups attached to an aromatic ring is 1. The molecule has 0 aliphatic rings. The second kappa shape index (κ2) is 6.90. The molecule has 0 aliphatic heterocycles. The molecule has 0 radical (unpaired) electrons. The molecule has 3 aromatic rings. The third-order valence-electron chi connectivity index (χ3n) is 4.16. The summed E-state index contributed by atoms with van der Waals surface area (Å²) in [4.78, 5) is 6.36. The lowest BCUT2D eigenvalue weighted by Crippen LogP contribution is -2.10. The van der Waals surface area contributed by atoms with Gasteiger partial charge in [-0.25, -0.2) is 4.98 Å². The lowest BCUT2D eigenvalue weighted by atomic mass is 9.97. The number of aromatic hydroxyl groups is 1. The second-order valence-electron chi connectivity index (χ2n) is 6.57. The SMILES string of the molecule is CN(C)Cc1cc(-c2cc(-c3ccn(C)c3)nc(N)c2C#N)ccc1O. The summed E-state index contributed by atoms with van der Waals surface area (Å²) in [5.41, 5.74) is 10.4. The van der Waals surface area contributed by atoms with Crippen LogP contribution in [0.25, 0.3) is 22.4 Å². The van der Waals surface area contributed by atoms with E-state index in [1.807, 2.05) is 61.2 Å². The van der Waals surface area contributed by atoms with E-state index in [-0.39, 0.29) is 11.6 Å². The average Bonchev–Trinajstić information content (AvgIpc) is 3.02. The van der Waals surface area contributed by atoms with Crippen molar-refractivity contribution >= 4 is 5.82 Å². The maximum Gasteiger partial charge on any atom is 0.142 e. The van der Waals surface area contributed by atoms with E-state index < -0.39 is 0 Å². The Hall–Kier alpha value is -3.30. The van der Waals surface area contributed by atoms with Crippen LogP contribution in [-0.4, -0.2) is 33.7 Å². The Morgan fingerprint density at radius 2 is 2.00 bits per heavy atom. The highest BCUT2D eigenvalue weighted by Gasteiger charge is 2.15. The normalized spacial score (nSPS) is 10.9. The fraction of sp³-hybridized carbons (Fsp3) is 0.200. The minimum Gasteiger partial charge on any atom is -0.508 e. The summed E-state index contributed by atoms with van der Waals surface area (Å²) in [5, 5.41) is 19.7. The van der Waals surface area contributed by atoms with Crippen LogP contribution in [0.2, 0.25) is 0 Å². The van der Waals surface area contributed by atoms with Crippen molar-refractivity contribution in [2.45, 2.75) is 6.54 Å². The summed E-state index contributed by atoms with van der Waals surface area (Å²) in [5.74, 6) is 0.428. The number of rotatable bonds is 4. The maximum atomic E-state index is 10.1. The first-order valence-electron chi connectivity index (χ1n) is 8.19. The second-order valence-corrected chi connectivity index (χ2v) is 6.57. The molecule has 6 heteroatoms. The predicted molar refractivity (Wildman–Crippen MR) is 102 cm³/mol. The number of pyridine rings is 1. The summed E-state index contributed by atoms with van der Waals surface area (Å²) < 4.78 is 1.93. The van der Waals surface area contributed by atoms with Crippen LogP contribution in [-0.2, 0) is 13.6 Å². The van der Waals surface area contributed by atoms with Gasteiger partial charge in [0.15, 0.2) is 0 Å². The number of nitriles is 1. The number of aromatic nitrogens is 2. The number of hydrogen-bond donors (Lipinski definition) is 2. The van der Waals surface area contributed by atoms with Gasteiger partial charge in [-0.05, 0) is 43.9 Å². The summed E-state index contributed by atoms with van der Waals surface area (Å²) in [6.45, 7) is 0.591. The quantitative estimate of drug-likeness (QED) is 0.757. The molecule has 0 saturated carbocycles. The highest BCUT2D eigenvalue weighted by molar-refractivity contribution is 5.80. The molecule has 0 saturated heterocycles. The number of phenolic OH excluding ortho intramolecular Hbond substituents is 1. The van der Waals surface area contributed by atoms with Crippen LogP contribution in [0.5, 0.6) is 5.75 Å². The maximum absolute atomic E-state index is 10.1. The van der Waals surface area contributed by atoms with Crippen molar-refractivity contribution in [1.29, 1.82) is 5.26 Å². The standard InChI is InChI=1S/C20H21N5O/c1-24(2)11-15-8-13(4-5-19(15)26)16-9-18(14-6-7-25(3)12-14)23-20(22)17(16)10-21/h4-9,12,26H,11H2,1-3H3,(H2,22,23). The topological polar surface area (TPSA) is 91.1 Å². The van der Waals surface area contributed by atoms with Crippen molar-refractivity contribution in [2.24, 2.45) is 7.05 Å². The van der Waals surface area contributed by atoms with Gasteiger partial charge in [0.25, 0.3) is 0 Å². The molecule has 0 amide bonds. The minimum absolute atomic E-state index is 0.200. The first-order valence-corrected chi connectivity index (χ1v) is 8.19. The van der Waals surface area contributed by atoms with Crippen molar-refractivity contribution in [2.75, 3.05) is 19.8 Å². The minimum atomic E-state index is 0.200. The molecule has 0 spiro atoms. The van der Waals surface area contributed by atoms with Crippen molar-refractivity contribution in [1.82, 2.24) is 14.5 Å². The van der Waals surface area contributed by atoms with E-state index in [1.165, 1.54) is 0 Å². The van der Waals surface area contributed by atoms with Gasteiger partial charge in [-0.1, -0.05) is 6.07 Å². The zero-order chi connectivity index (χ0) is 18.8. The number of benzene rings is 1. The van der Waals surface area contributed by atoms with E-state index in [1.54, 1.807) is 12.1 Å². The lowest BCUT2D eigenvalue weighted by Gasteiger charge is -2.14. The zero-order valence-corrected chi connectivity index (χ0v) is 15.1. The molecule has 6 nitrogen and oxygen atoms in total. The van der Waals surface area contributed by atoms with Crippen LogP contribution < -0.4 is 5.73 Å². The summed E-state index contributed by atoms with van der Waals surface area (Å²) >= 11 is 0. The van der Waals surface area contributed by atoms with Crippen LogP contribution in [0.1, 0.15) is 11.1 Å². The Bertz CT molecular complexity index is 998. The summed E-state index contributed by atoms with van der Waals surface area (Å²) in [6, 6.07) is 11.3. The van der Waals surface area contributed by atoms with Gasteiger partial charge in [0.2, 0.25) is 0 Å². The van der Waals surface area contributed by atoms with E-state index in [9.17, 15) is 10.4 Å². The van der Waals surface area contributed by atoms with E-state index in [0.717, 1.165) is 16.7 Å². The summed E-state index contributed by atoms with van der Waals surface area (Å²) in [7, 11) is 5.81. The number of nitrogens with two attached hydrogens (primary N) is 1. The monoisotopic (exact) mass is 347 g/mol. The van der Waals surface area contributed by atoms with Gasteiger partial charge in [-0.15, -0.1) is 0 Å². The Kier molecular flexibility index (Phi) is 4.65. The lowest BCUT2D eigenvalue weighted by molar-refractivity contribution is 0.386. The highest BCUT2D eigenvalue weighted by Crippen LogP contribution is 2.33. The van der Waals surface area contributed by atoms with Gasteiger partial charge in [0.05, 0.1) is 5.69 Å². The number of phenols is 1. The smallest absolute Gasteiger partial charge is 0.142 e. The van der Waals surface area contributed by atoms with Crippen molar-refractivity contribution in [3.63, 3.8) is 0 Å². The molecule has 0 fully saturated rings. The van der Waals surface area contributed by atoms with Crippen LogP contribution in [0, 0.1) is 11.3 Å². The van der Waals surface area contributed by atoms with Gasteiger partial charge in [0.1, 0.15) is 23.2 Å². The molecule has 3 rings (SSSR count). The van der Waals surface area contributed by atoms with Crippen LogP contribution in [0.15, 0.2) is 42.7 Å². The molecule has 132 valence electrons. The zero-order valence-electron chi connectivity index (χ0n) is 15.1. The fourth-order valence-corrected chi connectivity index (χ4v) is 2.93. The Balaban J connectivity index is 2.17. The van der Waals surface area contributed by atoms with Gasteiger partial charge in [-0.3, -0.25) is 0 Å². The van der Waals surface area contributed by atoms with Crippen LogP contribution in [0.3, 0.4) is 0 Å². The van der Waals surface area contributed by atoms with Crippen LogP contribution >= 0.6 is 0 Å². The van der Waals surface area contributed by atoms with Gasteiger partial charge in [-0.2, -0.15) is 5.26 Å². The highest BCUT2D eigenvalue weighted by atomic mass is 16.3. The fourth-order valence-electron chi connectivity index (χ4n) is 2.93.